The van der Waals surface area contributed by atoms with Crippen LogP contribution < -0.4 is 21.1 Å². The van der Waals surface area contributed by atoms with Crippen LogP contribution in [0.4, 0.5) is 5.69 Å². The molecule has 3 rings (SSSR count). The van der Waals surface area contributed by atoms with E-state index in [9.17, 15) is 0 Å². The first-order chi connectivity index (χ1) is 14.5. The van der Waals surface area contributed by atoms with E-state index in [0.717, 1.165) is 17.1 Å². The zero-order valence-corrected chi connectivity index (χ0v) is 19.0. The molecule has 0 saturated heterocycles. The van der Waals surface area contributed by atoms with Gasteiger partial charge in [-0.1, -0.05) is 61.7 Å². The van der Waals surface area contributed by atoms with Gasteiger partial charge in [0.25, 0.3) is 0 Å². The maximum Gasteiger partial charge on any atom is 0.0382 e. The van der Waals surface area contributed by atoms with Crippen LogP contribution in [0.25, 0.3) is 11.4 Å². The van der Waals surface area contributed by atoms with Crippen molar-refractivity contribution in [1.29, 1.82) is 0 Å². The average Bonchev–Trinajstić information content (AvgIpc) is 2.75. The van der Waals surface area contributed by atoms with Gasteiger partial charge in [-0.05, 0) is 76.3 Å². The third-order valence-electron chi connectivity index (χ3n) is 6.06. The molecule has 0 radical (unpaired) electrons. The minimum absolute atomic E-state index is 0.689. The van der Waals surface area contributed by atoms with Gasteiger partial charge in [0, 0.05) is 33.2 Å². The van der Waals surface area contributed by atoms with Gasteiger partial charge in [0.15, 0.2) is 0 Å². The lowest BCUT2D eigenvalue weighted by Crippen LogP contribution is -2.34. The minimum Gasteiger partial charge on any atom is -0.362 e. The monoisotopic (exact) mass is 400 g/mol. The Labute approximate surface area is 182 Å². The standard InChI is InChI=1S/C28H36N2/c1-6-10-21(3)29-22(4)27-18-15-25(24-11-8-7-9-12-24)19-28(27)23(5)30-26-16-13-20(2)14-17-26/h6,10,13-19,24,29-30H,1,7-9,11-12H2,2-5H3/b21-10+,27-22+,28-23+. The van der Waals surface area contributed by atoms with Gasteiger partial charge in [0.05, 0.1) is 0 Å². The third kappa shape index (κ3) is 5.66. The highest BCUT2D eigenvalue weighted by Crippen LogP contribution is 2.31. The van der Waals surface area contributed by atoms with E-state index >= 15 is 0 Å². The van der Waals surface area contributed by atoms with Crippen LogP contribution in [-0.2, 0) is 0 Å². The molecule has 2 nitrogen and oxygen atoms in total. The van der Waals surface area contributed by atoms with E-state index < -0.39 is 0 Å². The lowest BCUT2D eigenvalue weighted by molar-refractivity contribution is 0.443. The highest BCUT2D eigenvalue weighted by Gasteiger charge is 2.15. The molecule has 1 fully saturated rings. The maximum atomic E-state index is 3.80. The van der Waals surface area contributed by atoms with E-state index in [0.29, 0.717) is 5.92 Å². The molecular formula is C28H36N2. The van der Waals surface area contributed by atoms with Gasteiger partial charge in [-0.25, -0.2) is 0 Å². The molecule has 30 heavy (non-hydrogen) atoms. The quantitative estimate of drug-likeness (QED) is 0.573. The smallest absolute Gasteiger partial charge is 0.0382 e. The summed E-state index contributed by atoms with van der Waals surface area (Å²) in [7, 11) is 0. The fourth-order valence-corrected chi connectivity index (χ4v) is 4.39. The lowest BCUT2D eigenvalue weighted by Gasteiger charge is -2.22. The van der Waals surface area contributed by atoms with Gasteiger partial charge < -0.3 is 10.6 Å². The second-order valence-corrected chi connectivity index (χ2v) is 8.59. The van der Waals surface area contributed by atoms with Crippen molar-refractivity contribution in [3.05, 3.63) is 88.5 Å². The highest BCUT2D eigenvalue weighted by atomic mass is 14.9. The number of benzene rings is 2. The minimum atomic E-state index is 0.689. The summed E-state index contributed by atoms with van der Waals surface area (Å²) >= 11 is 0. The zero-order chi connectivity index (χ0) is 21.5. The molecule has 2 N–H and O–H groups in total. The number of allylic oxidation sites excluding steroid dienone is 3. The van der Waals surface area contributed by atoms with Crippen molar-refractivity contribution in [2.24, 2.45) is 0 Å². The van der Waals surface area contributed by atoms with Gasteiger partial charge in [0.1, 0.15) is 0 Å². The summed E-state index contributed by atoms with van der Waals surface area (Å²) in [5.41, 5.74) is 7.30. The fraction of sp³-hybridized carbons (Fsp3) is 0.357. The molecule has 158 valence electrons. The fourth-order valence-electron chi connectivity index (χ4n) is 4.39. The van der Waals surface area contributed by atoms with Gasteiger partial charge in [0.2, 0.25) is 0 Å². The van der Waals surface area contributed by atoms with E-state index in [2.05, 4.69) is 87.4 Å². The first-order valence-electron chi connectivity index (χ1n) is 11.2. The molecule has 0 aliphatic heterocycles. The maximum absolute atomic E-state index is 3.80. The van der Waals surface area contributed by atoms with Crippen LogP contribution >= 0.6 is 0 Å². The third-order valence-corrected chi connectivity index (χ3v) is 6.06. The molecule has 0 atom stereocenters. The average molecular weight is 401 g/mol. The van der Waals surface area contributed by atoms with E-state index in [1.165, 1.54) is 59.4 Å². The zero-order valence-electron chi connectivity index (χ0n) is 19.0. The normalized spacial score (nSPS) is 17.3. The second-order valence-electron chi connectivity index (χ2n) is 8.59. The van der Waals surface area contributed by atoms with Crippen molar-refractivity contribution < 1.29 is 0 Å². The number of hydrogen-bond donors (Lipinski definition) is 2. The second kappa shape index (κ2) is 10.3. The Morgan fingerprint density at radius 1 is 0.900 bits per heavy atom. The van der Waals surface area contributed by atoms with Crippen molar-refractivity contribution >= 4 is 17.1 Å². The SMILES string of the molecule is C=C/C=C(\C)N/C(C)=c1\ccc(C2CCCCC2)c\c1=C(\C)Nc1ccc(C)cc1. The molecule has 2 aromatic carbocycles. The van der Waals surface area contributed by atoms with Crippen LogP contribution in [0.3, 0.4) is 0 Å². The Bertz CT molecular complexity index is 1020. The molecule has 0 aromatic heterocycles. The van der Waals surface area contributed by atoms with Gasteiger partial charge in [-0.3, -0.25) is 0 Å². The van der Waals surface area contributed by atoms with Crippen LogP contribution in [0.15, 0.2) is 66.9 Å². The largest absolute Gasteiger partial charge is 0.362 e. The van der Waals surface area contributed by atoms with Crippen molar-refractivity contribution in [2.45, 2.75) is 65.7 Å². The van der Waals surface area contributed by atoms with Crippen LogP contribution in [0.2, 0.25) is 0 Å². The number of aryl methyl sites for hydroxylation is 1. The Morgan fingerprint density at radius 2 is 1.60 bits per heavy atom. The Hall–Kier alpha value is -2.74. The molecule has 0 spiro atoms. The number of nitrogens with one attached hydrogen (secondary N) is 2. The van der Waals surface area contributed by atoms with Crippen LogP contribution in [-0.4, -0.2) is 0 Å². The molecule has 0 bridgehead atoms. The van der Waals surface area contributed by atoms with Crippen molar-refractivity contribution in [3.8, 4) is 0 Å². The molecule has 1 saturated carbocycles. The van der Waals surface area contributed by atoms with Crippen molar-refractivity contribution in [2.75, 3.05) is 5.32 Å². The number of rotatable bonds is 6. The van der Waals surface area contributed by atoms with Crippen molar-refractivity contribution in [3.63, 3.8) is 0 Å². The lowest BCUT2D eigenvalue weighted by atomic mass is 9.83. The first kappa shape index (κ1) is 22.0. The van der Waals surface area contributed by atoms with Crippen molar-refractivity contribution in [1.82, 2.24) is 5.32 Å². The molecule has 0 amide bonds. The summed E-state index contributed by atoms with van der Waals surface area (Å²) < 4.78 is 0. The summed E-state index contributed by atoms with van der Waals surface area (Å²) in [6.07, 6.45) is 10.5. The highest BCUT2D eigenvalue weighted by molar-refractivity contribution is 5.64. The topological polar surface area (TPSA) is 24.1 Å². The van der Waals surface area contributed by atoms with Crippen LogP contribution in [0.1, 0.15) is 69.9 Å². The van der Waals surface area contributed by atoms with Crippen LogP contribution in [0.5, 0.6) is 0 Å². The first-order valence-corrected chi connectivity index (χ1v) is 11.2. The molecule has 1 aliphatic rings. The predicted molar refractivity (Wildman–Crippen MR) is 132 cm³/mol. The molecule has 1 aliphatic carbocycles. The van der Waals surface area contributed by atoms with Gasteiger partial charge in [-0.2, -0.15) is 0 Å². The molecule has 2 aromatic rings. The Morgan fingerprint density at radius 3 is 2.27 bits per heavy atom. The van der Waals surface area contributed by atoms with Gasteiger partial charge >= 0.3 is 0 Å². The van der Waals surface area contributed by atoms with E-state index in [1.54, 1.807) is 0 Å². The van der Waals surface area contributed by atoms with E-state index in [1.807, 2.05) is 12.2 Å². The van der Waals surface area contributed by atoms with Crippen LogP contribution in [0, 0.1) is 6.92 Å². The number of hydrogen-bond acceptors (Lipinski definition) is 2. The summed E-state index contributed by atoms with van der Waals surface area (Å²) in [6.45, 7) is 12.3. The predicted octanol–water partition coefficient (Wildman–Crippen LogP) is 6.09. The molecule has 0 heterocycles. The summed E-state index contributed by atoms with van der Waals surface area (Å²) in [4.78, 5) is 0. The molecular weight excluding hydrogens is 364 g/mol. The van der Waals surface area contributed by atoms with E-state index in [-0.39, 0.29) is 0 Å². The summed E-state index contributed by atoms with van der Waals surface area (Å²) in [5.74, 6) is 0.689. The van der Waals surface area contributed by atoms with E-state index in [4.69, 9.17) is 0 Å². The van der Waals surface area contributed by atoms with Gasteiger partial charge in [-0.15, -0.1) is 0 Å². The summed E-state index contributed by atoms with van der Waals surface area (Å²) in [6, 6.07) is 15.6. The Balaban J connectivity index is 2.10. The summed E-state index contributed by atoms with van der Waals surface area (Å²) in [5, 5.41) is 9.67. The molecule has 2 heteroatoms. The number of anilines is 1. The molecule has 0 unspecified atom stereocenters. The Kier molecular flexibility index (Phi) is 7.57.